The number of rotatable bonds is 5. The number of nitrogens with zero attached hydrogens (tertiary/aromatic N) is 1. The fourth-order valence-electron chi connectivity index (χ4n) is 2.28. The van der Waals surface area contributed by atoms with Crippen LogP contribution in [0, 0.1) is 5.92 Å². The van der Waals surface area contributed by atoms with E-state index in [4.69, 9.17) is 5.11 Å². The number of carboxylic acid groups (broad SMARTS) is 1. The van der Waals surface area contributed by atoms with Crippen LogP contribution in [0.5, 0.6) is 0 Å². The van der Waals surface area contributed by atoms with Crippen molar-refractivity contribution in [1.82, 2.24) is 4.90 Å². The highest BCUT2D eigenvalue weighted by Gasteiger charge is 2.46. The van der Waals surface area contributed by atoms with Gasteiger partial charge in [-0.3, -0.25) is 4.79 Å². The second kappa shape index (κ2) is 3.66. The maximum absolute atomic E-state index is 10.8. The lowest BCUT2D eigenvalue weighted by atomic mass is 9.85. The van der Waals surface area contributed by atoms with Crippen molar-refractivity contribution in [3.63, 3.8) is 0 Å². The van der Waals surface area contributed by atoms with Crippen LogP contribution in [0.15, 0.2) is 0 Å². The Kier molecular flexibility index (Phi) is 2.96. The van der Waals surface area contributed by atoms with Crippen molar-refractivity contribution in [3.05, 3.63) is 0 Å². The molecule has 0 aromatic heterocycles. The fourth-order valence-corrected chi connectivity index (χ4v) is 2.28. The van der Waals surface area contributed by atoms with Gasteiger partial charge in [0.05, 0.1) is 6.42 Å². The first-order valence-corrected chi connectivity index (χ1v) is 4.92. The van der Waals surface area contributed by atoms with Crippen LogP contribution in [0.25, 0.3) is 0 Å². The van der Waals surface area contributed by atoms with Gasteiger partial charge in [0.1, 0.15) is 0 Å². The summed E-state index contributed by atoms with van der Waals surface area (Å²) in [4.78, 5) is 12.9. The average molecular weight is 185 g/mol. The molecule has 13 heavy (non-hydrogen) atoms. The molecule has 1 aliphatic carbocycles. The van der Waals surface area contributed by atoms with Crippen molar-refractivity contribution in [2.45, 2.75) is 38.1 Å². The molecule has 0 heterocycles. The van der Waals surface area contributed by atoms with Gasteiger partial charge in [0, 0.05) is 5.54 Å². The van der Waals surface area contributed by atoms with E-state index in [-0.39, 0.29) is 12.0 Å². The summed E-state index contributed by atoms with van der Waals surface area (Å²) in [7, 11) is 3.98. The Bertz CT molecular complexity index is 195. The van der Waals surface area contributed by atoms with Gasteiger partial charge in [-0.2, -0.15) is 0 Å². The zero-order valence-corrected chi connectivity index (χ0v) is 8.71. The van der Waals surface area contributed by atoms with E-state index in [1.165, 1.54) is 12.8 Å². The van der Waals surface area contributed by atoms with Crippen molar-refractivity contribution >= 4 is 5.97 Å². The van der Waals surface area contributed by atoms with Crippen molar-refractivity contribution < 1.29 is 9.90 Å². The summed E-state index contributed by atoms with van der Waals surface area (Å²) in [6.07, 6.45) is 3.59. The normalized spacial score (nSPS) is 21.5. The van der Waals surface area contributed by atoms with Gasteiger partial charge in [-0.25, -0.2) is 0 Å². The Morgan fingerprint density at radius 2 is 2.08 bits per heavy atom. The second-order valence-electron chi connectivity index (χ2n) is 4.20. The van der Waals surface area contributed by atoms with Gasteiger partial charge in [0.25, 0.3) is 0 Å². The maximum Gasteiger partial charge on any atom is 0.305 e. The highest BCUT2D eigenvalue weighted by molar-refractivity contribution is 5.68. The molecule has 1 aliphatic rings. The monoisotopic (exact) mass is 185 g/mol. The van der Waals surface area contributed by atoms with Gasteiger partial charge >= 0.3 is 5.97 Å². The lowest BCUT2D eigenvalue weighted by molar-refractivity contribution is -0.140. The van der Waals surface area contributed by atoms with Gasteiger partial charge in [0.2, 0.25) is 0 Å². The molecule has 1 rings (SSSR count). The molecule has 0 aromatic carbocycles. The number of carboxylic acids is 1. The number of carbonyl (C=O) groups is 1. The minimum Gasteiger partial charge on any atom is -0.481 e. The van der Waals surface area contributed by atoms with Gasteiger partial charge in [0.15, 0.2) is 0 Å². The molecule has 76 valence electrons. The molecule has 0 bridgehead atoms. The molecule has 0 aliphatic heterocycles. The quantitative estimate of drug-likeness (QED) is 0.707. The van der Waals surface area contributed by atoms with Crippen molar-refractivity contribution in [1.29, 1.82) is 0 Å². The van der Waals surface area contributed by atoms with Gasteiger partial charge in [-0.05, 0) is 39.3 Å². The topological polar surface area (TPSA) is 40.5 Å². The molecular formula is C10H19NO2. The van der Waals surface area contributed by atoms with E-state index in [1.54, 1.807) is 0 Å². The Balaban J connectivity index is 2.75. The van der Waals surface area contributed by atoms with Crippen molar-refractivity contribution in [2.75, 3.05) is 14.1 Å². The molecule has 3 nitrogen and oxygen atoms in total. The summed E-state index contributed by atoms with van der Waals surface area (Å²) < 4.78 is 0. The molecule has 0 aromatic rings. The first kappa shape index (κ1) is 10.5. The summed E-state index contributed by atoms with van der Waals surface area (Å²) in [5, 5.41) is 8.88. The summed E-state index contributed by atoms with van der Waals surface area (Å²) in [6, 6.07) is 0. The van der Waals surface area contributed by atoms with Crippen LogP contribution >= 0.6 is 0 Å². The molecular weight excluding hydrogens is 166 g/mol. The van der Waals surface area contributed by atoms with E-state index >= 15 is 0 Å². The van der Waals surface area contributed by atoms with Crippen LogP contribution in [-0.2, 0) is 4.79 Å². The number of aliphatic carboxylic acids is 1. The van der Waals surface area contributed by atoms with Crippen LogP contribution < -0.4 is 0 Å². The molecule has 1 atom stereocenters. The van der Waals surface area contributed by atoms with E-state index in [0.29, 0.717) is 5.92 Å². The molecule has 0 amide bonds. The maximum atomic E-state index is 10.8. The average Bonchev–Trinajstić information content (AvgIpc) is 2.81. The van der Waals surface area contributed by atoms with Crippen LogP contribution in [0.4, 0.5) is 0 Å². The summed E-state index contributed by atoms with van der Waals surface area (Å²) in [5.41, 5.74) is -0.0914. The van der Waals surface area contributed by atoms with E-state index in [1.807, 2.05) is 14.1 Å². The minimum absolute atomic E-state index is 0.0914. The zero-order chi connectivity index (χ0) is 10.1. The van der Waals surface area contributed by atoms with E-state index in [0.717, 1.165) is 6.42 Å². The van der Waals surface area contributed by atoms with Crippen molar-refractivity contribution in [3.8, 4) is 0 Å². The van der Waals surface area contributed by atoms with Gasteiger partial charge < -0.3 is 10.0 Å². The Hall–Kier alpha value is -0.570. The zero-order valence-electron chi connectivity index (χ0n) is 8.71. The molecule has 1 fully saturated rings. The first-order chi connectivity index (χ1) is 6.03. The SMILES string of the molecule is CCC(CC(=O)O)(C1CC1)N(C)C. The van der Waals surface area contributed by atoms with Gasteiger partial charge in [-0.15, -0.1) is 0 Å². The molecule has 1 saturated carbocycles. The second-order valence-corrected chi connectivity index (χ2v) is 4.20. The standard InChI is InChI=1S/C10H19NO2/c1-4-10(11(2)3,7-9(12)13)8-5-6-8/h8H,4-7H2,1-3H3,(H,12,13). The van der Waals surface area contributed by atoms with Crippen LogP contribution in [-0.4, -0.2) is 35.6 Å². The Morgan fingerprint density at radius 1 is 1.54 bits per heavy atom. The first-order valence-electron chi connectivity index (χ1n) is 4.92. The lowest BCUT2D eigenvalue weighted by Crippen LogP contribution is -2.47. The molecule has 1 N–H and O–H groups in total. The summed E-state index contributed by atoms with van der Waals surface area (Å²) in [5.74, 6) is -0.0777. The number of hydrogen-bond acceptors (Lipinski definition) is 2. The third kappa shape index (κ3) is 2.02. The molecule has 3 heteroatoms. The minimum atomic E-state index is -0.678. The molecule has 0 spiro atoms. The van der Waals surface area contributed by atoms with Crippen molar-refractivity contribution in [2.24, 2.45) is 5.92 Å². The highest BCUT2D eigenvalue weighted by Crippen LogP contribution is 2.46. The van der Waals surface area contributed by atoms with Gasteiger partial charge in [-0.1, -0.05) is 6.92 Å². The third-order valence-electron chi connectivity index (χ3n) is 3.30. The van der Waals surface area contributed by atoms with Crippen LogP contribution in [0.3, 0.4) is 0 Å². The molecule has 1 unspecified atom stereocenters. The van der Waals surface area contributed by atoms with E-state index < -0.39 is 5.97 Å². The highest BCUT2D eigenvalue weighted by atomic mass is 16.4. The predicted octanol–water partition coefficient (Wildman–Crippen LogP) is 1.58. The summed E-state index contributed by atoms with van der Waals surface area (Å²) >= 11 is 0. The lowest BCUT2D eigenvalue weighted by Gasteiger charge is -2.38. The summed E-state index contributed by atoms with van der Waals surface area (Å²) in [6.45, 7) is 2.08. The number of hydrogen-bond donors (Lipinski definition) is 1. The molecule has 0 saturated heterocycles. The Labute approximate surface area is 79.7 Å². The van der Waals surface area contributed by atoms with Crippen LogP contribution in [0.2, 0.25) is 0 Å². The van der Waals surface area contributed by atoms with Crippen LogP contribution in [0.1, 0.15) is 32.6 Å². The third-order valence-corrected chi connectivity index (χ3v) is 3.30. The van der Waals surface area contributed by atoms with E-state index in [9.17, 15) is 4.79 Å². The fraction of sp³-hybridized carbons (Fsp3) is 0.900. The predicted molar refractivity (Wildman–Crippen MR) is 51.7 cm³/mol. The van der Waals surface area contributed by atoms with E-state index in [2.05, 4.69) is 11.8 Å². The smallest absolute Gasteiger partial charge is 0.305 e. The Morgan fingerprint density at radius 3 is 2.31 bits per heavy atom. The largest absolute Gasteiger partial charge is 0.481 e. The molecule has 0 radical (unpaired) electrons.